The monoisotopic (exact) mass is 492 g/mol. The smallest absolute Gasteiger partial charge is 0.331 e. The van der Waals surface area contributed by atoms with E-state index in [9.17, 15) is 22.8 Å². The average molecular weight is 493 g/mol. The fourth-order valence-electron chi connectivity index (χ4n) is 3.80. The molecule has 1 fully saturated rings. The highest BCUT2D eigenvalue weighted by atomic mass is 35.5. The van der Waals surface area contributed by atoms with Gasteiger partial charge in [-0.2, -0.15) is 5.10 Å². The first-order valence-electron chi connectivity index (χ1n) is 10.1. The Labute approximate surface area is 195 Å². The number of benzene rings is 1. The summed E-state index contributed by atoms with van der Waals surface area (Å²) >= 11 is 6.38. The Kier molecular flexibility index (Phi) is 6.26. The van der Waals surface area contributed by atoms with Gasteiger partial charge in [-0.1, -0.05) is 23.7 Å². The maximum absolute atomic E-state index is 12.6. The van der Waals surface area contributed by atoms with E-state index in [0.29, 0.717) is 29.1 Å². The number of anilines is 2. The van der Waals surface area contributed by atoms with Crippen molar-refractivity contribution >= 4 is 56.7 Å². The Hall–Kier alpha value is -3.18. The molecule has 2 aliphatic rings. The Morgan fingerprint density at radius 3 is 2.82 bits per heavy atom. The molecule has 2 amide bonds. The summed E-state index contributed by atoms with van der Waals surface area (Å²) in [4.78, 5) is 37.8. The molecule has 3 heterocycles. The third-order valence-electron chi connectivity index (χ3n) is 5.42. The normalized spacial score (nSPS) is 19.4. The van der Waals surface area contributed by atoms with Crippen molar-refractivity contribution in [2.75, 3.05) is 34.9 Å². The van der Waals surface area contributed by atoms with Gasteiger partial charge in [0.05, 0.1) is 34.6 Å². The van der Waals surface area contributed by atoms with E-state index in [1.165, 1.54) is 15.7 Å². The van der Waals surface area contributed by atoms with E-state index >= 15 is 0 Å². The molecule has 12 heteroatoms. The van der Waals surface area contributed by atoms with Gasteiger partial charge < -0.3 is 10.1 Å². The van der Waals surface area contributed by atoms with Crippen LogP contribution in [0.3, 0.4) is 0 Å². The van der Waals surface area contributed by atoms with Crippen molar-refractivity contribution in [1.82, 2.24) is 9.78 Å². The van der Waals surface area contributed by atoms with Gasteiger partial charge in [-0.15, -0.1) is 0 Å². The van der Waals surface area contributed by atoms with Crippen molar-refractivity contribution in [2.45, 2.75) is 19.4 Å². The van der Waals surface area contributed by atoms with Gasteiger partial charge in [-0.25, -0.2) is 17.9 Å². The average Bonchev–Trinajstić information content (AvgIpc) is 3.27. The Morgan fingerprint density at radius 1 is 1.33 bits per heavy atom. The lowest BCUT2D eigenvalue weighted by molar-refractivity contribution is -0.143. The molecule has 1 atom stereocenters. The number of aromatic nitrogens is 2. The van der Waals surface area contributed by atoms with Crippen molar-refractivity contribution in [2.24, 2.45) is 0 Å². The van der Waals surface area contributed by atoms with Crippen molar-refractivity contribution < 1.29 is 27.5 Å². The van der Waals surface area contributed by atoms with Crippen LogP contribution in [0.4, 0.5) is 11.4 Å². The number of nitrogens with one attached hydrogen (secondary N) is 1. The highest BCUT2D eigenvalue weighted by molar-refractivity contribution is 7.91. The second-order valence-electron chi connectivity index (χ2n) is 7.78. The highest BCUT2D eigenvalue weighted by Gasteiger charge is 2.32. The number of carbonyl (C=O) groups excluding carboxylic acids is 3. The molecule has 0 aliphatic carbocycles. The van der Waals surface area contributed by atoms with Crippen molar-refractivity contribution in [3.8, 4) is 0 Å². The molecule has 0 saturated carbocycles. The SMILES string of the molecule is Cc1nn(C2CCS(=O)(=O)C2)c(Cl)c1C=CC(=O)OCC(=O)N1CC(=O)Nc2ccccc21. The predicted octanol–water partition coefficient (Wildman–Crippen LogP) is 1.75. The summed E-state index contributed by atoms with van der Waals surface area (Å²) in [6.45, 7) is 0.976. The Balaban J connectivity index is 1.39. The lowest BCUT2D eigenvalue weighted by atomic mass is 10.2. The van der Waals surface area contributed by atoms with Crippen molar-refractivity contribution in [3.63, 3.8) is 0 Å². The van der Waals surface area contributed by atoms with Crippen LogP contribution in [0, 0.1) is 6.92 Å². The summed E-state index contributed by atoms with van der Waals surface area (Å²) in [7, 11) is -3.11. The number of esters is 1. The number of sulfone groups is 1. The third kappa shape index (κ3) is 4.93. The molecule has 2 aromatic rings. The number of fused-ring (bicyclic) bond motifs is 1. The molecule has 10 nitrogen and oxygen atoms in total. The van der Waals surface area contributed by atoms with E-state index in [1.807, 2.05) is 0 Å². The first-order chi connectivity index (χ1) is 15.6. The summed E-state index contributed by atoms with van der Waals surface area (Å²) in [6.07, 6.45) is 2.96. The van der Waals surface area contributed by atoms with Crippen LogP contribution in [-0.2, 0) is 29.0 Å². The topological polar surface area (TPSA) is 128 Å². The van der Waals surface area contributed by atoms with Crippen LogP contribution in [0.1, 0.15) is 23.7 Å². The van der Waals surface area contributed by atoms with Gasteiger partial charge in [-0.3, -0.25) is 14.5 Å². The summed E-state index contributed by atoms with van der Waals surface area (Å²) < 4.78 is 30.0. The van der Waals surface area contributed by atoms with Crippen LogP contribution in [0.25, 0.3) is 6.08 Å². The maximum Gasteiger partial charge on any atom is 0.331 e. The zero-order valence-electron chi connectivity index (χ0n) is 17.7. The predicted molar refractivity (Wildman–Crippen MR) is 122 cm³/mol. The number of para-hydroxylation sites is 2. The van der Waals surface area contributed by atoms with E-state index in [4.69, 9.17) is 16.3 Å². The number of nitrogens with zero attached hydrogens (tertiary/aromatic N) is 3. The van der Waals surface area contributed by atoms with Gasteiger partial charge in [-0.05, 0) is 31.6 Å². The van der Waals surface area contributed by atoms with E-state index in [-0.39, 0.29) is 35.2 Å². The molecule has 0 spiro atoms. The molecule has 0 bridgehead atoms. The summed E-state index contributed by atoms with van der Waals surface area (Å²) in [5.41, 5.74) is 2.02. The quantitative estimate of drug-likeness (QED) is 0.497. The van der Waals surface area contributed by atoms with Crippen molar-refractivity contribution in [3.05, 3.63) is 46.8 Å². The number of halogens is 1. The number of hydrogen-bond acceptors (Lipinski definition) is 7. The minimum atomic E-state index is -3.11. The Morgan fingerprint density at radius 2 is 2.09 bits per heavy atom. The summed E-state index contributed by atoms with van der Waals surface area (Å²) in [6, 6.07) is 6.48. The Bertz CT molecular complexity index is 1270. The molecule has 1 saturated heterocycles. The molecule has 0 radical (unpaired) electrons. The molecule has 33 heavy (non-hydrogen) atoms. The summed E-state index contributed by atoms with van der Waals surface area (Å²) in [5, 5.41) is 7.22. The molecular formula is C21H21ClN4O6S. The first-order valence-corrected chi connectivity index (χ1v) is 12.3. The number of rotatable bonds is 5. The second kappa shape index (κ2) is 8.99. The van der Waals surface area contributed by atoms with Gasteiger partial charge >= 0.3 is 5.97 Å². The van der Waals surface area contributed by atoms with Crippen LogP contribution in [0.5, 0.6) is 0 Å². The number of carbonyl (C=O) groups is 3. The van der Waals surface area contributed by atoms with Gasteiger partial charge in [0.15, 0.2) is 16.4 Å². The van der Waals surface area contributed by atoms with Crippen LogP contribution in [0.15, 0.2) is 30.3 Å². The molecule has 2 aliphatic heterocycles. The van der Waals surface area contributed by atoms with Crippen LogP contribution in [0.2, 0.25) is 5.15 Å². The van der Waals surface area contributed by atoms with E-state index in [1.54, 1.807) is 31.2 Å². The van der Waals surface area contributed by atoms with E-state index in [0.717, 1.165) is 6.08 Å². The zero-order valence-corrected chi connectivity index (χ0v) is 19.2. The molecular weight excluding hydrogens is 472 g/mol. The number of aryl methyl sites for hydroxylation is 1. The maximum atomic E-state index is 12.6. The van der Waals surface area contributed by atoms with E-state index < -0.39 is 28.3 Å². The molecule has 4 rings (SSSR count). The van der Waals surface area contributed by atoms with Crippen LogP contribution < -0.4 is 10.2 Å². The van der Waals surface area contributed by atoms with Gasteiger partial charge in [0.1, 0.15) is 11.7 Å². The zero-order chi connectivity index (χ0) is 23.8. The lowest BCUT2D eigenvalue weighted by Crippen LogP contribution is -2.43. The summed E-state index contributed by atoms with van der Waals surface area (Å²) in [5.74, 6) is -1.60. The largest absolute Gasteiger partial charge is 0.452 e. The standard InChI is InChI=1S/C21H21ClN4O6S/c1-13-15(21(22)26(24-13)14-8-9-33(30,31)12-14)6-7-20(29)32-11-19(28)25-10-18(27)23-16-4-2-3-5-17(16)25/h2-7,14H,8-12H2,1H3,(H,23,27). The highest BCUT2D eigenvalue weighted by Crippen LogP contribution is 2.31. The first kappa shape index (κ1) is 23.0. The van der Waals surface area contributed by atoms with Gasteiger partial charge in [0, 0.05) is 11.6 Å². The number of hydrogen-bond donors (Lipinski definition) is 1. The lowest BCUT2D eigenvalue weighted by Gasteiger charge is -2.28. The number of ether oxygens (including phenoxy) is 1. The minimum absolute atomic E-state index is 0.0290. The second-order valence-corrected chi connectivity index (χ2v) is 10.4. The molecule has 1 aromatic heterocycles. The van der Waals surface area contributed by atoms with Crippen LogP contribution in [-0.4, -0.2) is 60.6 Å². The van der Waals surface area contributed by atoms with Crippen LogP contribution >= 0.6 is 11.6 Å². The fourth-order valence-corrected chi connectivity index (χ4v) is 5.87. The minimum Gasteiger partial charge on any atom is -0.452 e. The van der Waals surface area contributed by atoms with E-state index in [2.05, 4.69) is 10.4 Å². The molecule has 1 N–H and O–H groups in total. The molecule has 1 unspecified atom stereocenters. The fraction of sp³-hybridized carbons (Fsp3) is 0.333. The van der Waals surface area contributed by atoms with Crippen molar-refractivity contribution in [1.29, 1.82) is 0 Å². The molecule has 174 valence electrons. The van der Waals surface area contributed by atoms with Gasteiger partial charge in [0.25, 0.3) is 5.91 Å². The third-order valence-corrected chi connectivity index (χ3v) is 7.55. The number of amides is 2. The molecule has 1 aromatic carbocycles. The van der Waals surface area contributed by atoms with Gasteiger partial charge in [0.2, 0.25) is 5.91 Å².